The Morgan fingerprint density at radius 2 is 1.85 bits per heavy atom. The molecule has 0 amide bonds. The lowest BCUT2D eigenvalue weighted by Gasteiger charge is -2.34. The first-order valence-corrected chi connectivity index (χ1v) is 8.89. The highest BCUT2D eigenvalue weighted by molar-refractivity contribution is 5.85. The van der Waals surface area contributed by atoms with Gasteiger partial charge in [0.1, 0.15) is 12.3 Å². The van der Waals surface area contributed by atoms with Gasteiger partial charge in [-0.1, -0.05) is 12.1 Å². The number of methoxy groups -OCH3 is 1. The first-order valence-electron chi connectivity index (χ1n) is 8.89. The van der Waals surface area contributed by atoms with Gasteiger partial charge in [-0.15, -0.1) is 0 Å². The van der Waals surface area contributed by atoms with E-state index >= 15 is 0 Å². The quantitative estimate of drug-likeness (QED) is 0.554. The van der Waals surface area contributed by atoms with E-state index in [0.717, 1.165) is 31.7 Å². The lowest BCUT2D eigenvalue weighted by atomic mass is 10.1. The van der Waals surface area contributed by atoms with Crippen LogP contribution in [-0.2, 0) is 14.3 Å². The summed E-state index contributed by atoms with van der Waals surface area (Å²) in [6.45, 7) is 3.64. The summed E-state index contributed by atoms with van der Waals surface area (Å²) >= 11 is 0. The first-order chi connectivity index (χ1) is 13.1. The number of carbonyl (C=O) groups excluding carboxylic acids is 1. The van der Waals surface area contributed by atoms with E-state index in [0.29, 0.717) is 17.0 Å². The van der Waals surface area contributed by atoms with Gasteiger partial charge >= 0.3 is 5.97 Å². The summed E-state index contributed by atoms with van der Waals surface area (Å²) in [6, 6.07) is 9.50. The molecule has 0 saturated carbocycles. The molecule has 0 aliphatic carbocycles. The third-order valence-corrected chi connectivity index (χ3v) is 4.55. The van der Waals surface area contributed by atoms with E-state index < -0.39 is 11.9 Å². The molecule has 0 N–H and O–H groups in total. The summed E-state index contributed by atoms with van der Waals surface area (Å²) < 4.78 is 10.1. The maximum atomic E-state index is 12.5. The number of hydrogen-bond acceptors (Lipinski definition) is 8. The number of likely N-dealkylation sites (N-methyl/N-ethyl adjacent to an activating group) is 1. The molecule has 2 aromatic rings. The van der Waals surface area contributed by atoms with Gasteiger partial charge in [-0.05, 0) is 19.2 Å². The van der Waals surface area contributed by atoms with E-state index in [1.807, 2.05) is 30.3 Å². The Balaban J connectivity index is 1.99. The lowest BCUT2D eigenvalue weighted by Crippen LogP contribution is -2.45. The van der Waals surface area contributed by atoms with Crippen molar-refractivity contribution in [2.24, 2.45) is 0 Å². The number of piperazine rings is 1. The highest BCUT2D eigenvalue weighted by Crippen LogP contribution is 2.28. The molecule has 8 heteroatoms. The van der Waals surface area contributed by atoms with E-state index in [4.69, 9.17) is 14.5 Å². The number of esters is 1. The van der Waals surface area contributed by atoms with Crippen molar-refractivity contribution in [2.75, 3.05) is 58.5 Å². The third kappa shape index (κ3) is 4.32. The zero-order chi connectivity index (χ0) is 19.2. The Bertz CT molecular complexity index is 843. The molecule has 1 fully saturated rings. The van der Waals surface area contributed by atoms with Gasteiger partial charge in [0.25, 0.3) is 0 Å². The van der Waals surface area contributed by atoms with Crippen LogP contribution in [0.1, 0.15) is 11.6 Å². The van der Waals surface area contributed by atoms with Crippen molar-refractivity contribution in [1.29, 1.82) is 5.26 Å². The van der Waals surface area contributed by atoms with Crippen LogP contribution < -0.4 is 4.90 Å². The Labute approximate surface area is 158 Å². The summed E-state index contributed by atoms with van der Waals surface area (Å²) in [7, 11) is 3.59. The Morgan fingerprint density at radius 1 is 1.19 bits per heavy atom. The minimum absolute atomic E-state index is 0.0956. The minimum atomic E-state index is -1.13. The summed E-state index contributed by atoms with van der Waals surface area (Å²) in [5.41, 5.74) is 1.73. The van der Waals surface area contributed by atoms with E-state index in [1.54, 1.807) is 0 Å². The average Bonchev–Trinajstić information content (AvgIpc) is 2.69. The fourth-order valence-corrected chi connectivity index (χ4v) is 2.98. The SMILES string of the molecule is COCCOC(=O)[C@@H](C#N)c1nc2ccccc2nc1N1CCN(C)CC1. The molecule has 3 rings (SSSR count). The fourth-order valence-electron chi connectivity index (χ4n) is 2.98. The van der Waals surface area contributed by atoms with Gasteiger partial charge < -0.3 is 19.3 Å². The molecular weight excluding hydrogens is 346 g/mol. The van der Waals surface area contributed by atoms with Crippen LogP contribution in [0.2, 0.25) is 0 Å². The van der Waals surface area contributed by atoms with E-state index in [2.05, 4.69) is 21.8 Å². The largest absolute Gasteiger partial charge is 0.462 e. The van der Waals surface area contributed by atoms with Crippen molar-refractivity contribution in [2.45, 2.75) is 5.92 Å². The number of carbonyl (C=O) groups is 1. The number of anilines is 1. The van der Waals surface area contributed by atoms with Crippen LogP contribution in [0.25, 0.3) is 11.0 Å². The van der Waals surface area contributed by atoms with Gasteiger partial charge in [-0.25, -0.2) is 9.97 Å². The highest BCUT2D eigenvalue weighted by atomic mass is 16.6. The minimum Gasteiger partial charge on any atom is -0.462 e. The summed E-state index contributed by atoms with van der Waals surface area (Å²) in [5, 5.41) is 9.67. The molecule has 8 nitrogen and oxygen atoms in total. The number of rotatable bonds is 6. The zero-order valence-corrected chi connectivity index (χ0v) is 15.6. The van der Waals surface area contributed by atoms with Crippen LogP contribution in [0.4, 0.5) is 5.82 Å². The number of ether oxygens (including phenoxy) is 2. The van der Waals surface area contributed by atoms with Crippen molar-refractivity contribution in [1.82, 2.24) is 14.9 Å². The predicted molar refractivity (Wildman–Crippen MR) is 100 cm³/mol. The van der Waals surface area contributed by atoms with Crippen LogP contribution >= 0.6 is 0 Å². The van der Waals surface area contributed by atoms with Crippen LogP contribution in [-0.4, -0.2) is 74.4 Å². The second-order valence-electron chi connectivity index (χ2n) is 6.43. The summed E-state index contributed by atoms with van der Waals surface area (Å²) in [6.07, 6.45) is 0. The molecule has 1 aromatic carbocycles. The van der Waals surface area contributed by atoms with Crippen molar-refractivity contribution in [3.63, 3.8) is 0 Å². The number of nitriles is 1. The first kappa shape index (κ1) is 19.0. The number of nitrogens with zero attached hydrogens (tertiary/aromatic N) is 5. The topological polar surface area (TPSA) is 91.6 Å². The van der Waals surface area contributed by atoms with Crippen molar-refractivity contribution >= 4 is 22.8 Å². The average molecular weight is 369 g/mol. The monoisotopic (exact) mass is 369 g/mol. The maximum Gasteiger partial charge on any atom is 0.329 e. The van der Waals surface area contributed by atoms with Crippen LogP contribution in [0.3, 0.4) is 0 Å². The van der Waals surface area contributed by atoms with Crippen molar-refractivity contribution in [3.05, 3.63) is 30.0 Å². The normalized spacial score (nSPS) is 16.1. The van der Waals surface area contributed by atoms with E-state index in [-0.39, 0.29) is 13.2 Å². The van der Waals surface area contributed by atoms with Gasteiger partial charge in [-0.2, -0.15) is 5.26 Å². The number of aromatic nitrogens is 2. The zero-order valence-electron chi connectivity index (χ0n) is 15.6. The molecule has 1 atom stereocenters. The molecule has 0 radical (unpaired) electrons. The van der Waals surface area contributed by atoms with Gasteiger partial charge in [0.05, 0.1) is 23.7 Å². The smallest absolute Gasteiger partial charge is 0.329 e. The van der Waals surface area contributed by atoms with Gasteiger partial charge in [-0.3, -0.25) is 4.79 Å². The van der Waals surface area contributed by atoms with Gasteiger partial charge in [0.2, 0.25) is 0 Å². The van der Waals surface area contributed by atoms with Gasteiger partial charge in [0, 0.05) is 33.3 Å². The van der Waals surface area contributed by atoms with Crippen molar-refractivity contribution < 1.29 is 14.3 Å². The molecule has 0 unspecified atom stereocenters. The van der Waals surface area contributed by atoms with Gasteiger partial charge in [0.15, 0.2) is 11.7 Å². The molecule has 2 heterocycles. The Morgan fingerprint density at radius 3 is 2.48 bits per heavy atom. The summed E-state index contributed by atoms with van der Waals surface area (Å²) in [5.74, 6) is -1.18. The van der Waals surface area contributed by atoms with Crippen LogP contribution in [0.15, 0.2) is 24.3 Å². The second kappa shape index (κ2) is 8.75. The molecule has 27 heavy (non-hydrogen) atoms. The summed E-state index contributed by atoms with van der Waals surface area (Å²) in [4.78, 5) is 26.1. The molecule has 142 valence electrons. The fraction of sp³-hybridized carbons (Fsp3) is 0.474. The molecule has 0 spiro atoms. The molecule has 1 aliphatic rings. The molecule has 0 bridgehead atoms. The molecule has 1 aromatic heterocycles. The van der Waals surface area contributed by atoms with Crippen LogP contribution in [0.5, 0.6) is 0 Å². The molecular formula is C19H23N5O3. The van der Waals surface area contributed by atoms with E-state index in [1.165, 1.54) is 7.11 Å². The number of benzene rings is 1. The van der Waals surface area contributed by atoms with Crippen molar-refractivity contribution in [3.8, 4) is 6.07 Å². The lowest BCUT2D eigenvalue weighted by molar-refractivity contribution is -0.145. The predicted octanol–water partition coefficient (Wildman–Crippen LogP) is 1.18. The molecule has 1 saturated heterocycles. The second-order valence-corrected chi connectivity index (χ2v) is 6.43. The van der Waals surface area contributed by atoms with Crippen LogP contribution in [0, 0.1) is 11.3 Å². The Kier molecular flexibility index (Phi) is 6.16. The third-order valence-electron chi connectivity index (χ3n) is 4.55. The number of fused-ring (bicyclic) bond motifs is 1. The molecule has 1 aliphatic heterocycles. The number of hydrogen-bond donors (Lipinski definition) is 0. The standard InChI is InChI=1S/C19H23N5O3/c1-23-7-9-24(10-8-23)18-17(14(13-20)19(25)27-12-11-26-2)21-15-5-3-4-6-16(15)22-18/h3-6,14H,7-12H2,1-2H3/t14-/m0/s1. The maximum absolute atomic E-state index is 12.5. The van der Waals surface area contributed by atoms with E-state index in [9.17, 15) is 10.1 Å². The Hall–Kier alpha value is -2.76. The highest BCUT2D eigenvalue weighted by Gasteiger charge is 2.30. The number of para-hydroxylation sites is 2.